The zero-order chi connectivity index (χ0) is 34.7. The molecule has 48 heavy (non-hydrogen) atoms. The Bertz CT molecular complexity index is 1890. The summed E-state index contributed by atoms with van der Waals surface area (Å²) in [4.78, 5) is 28.2. The Labute approximate surface area is 283 Å². The topological polar surface area (TPSA) is 136 Å². The molecule has 1 saturated heterocycles. The molecule has 0 bridgehead atoms. The number of piperidine rings is 1. The van der Waals surface area contributed by atoms with Gasteiger partial charge in [0.05, 0.1) is 21.7 Å². The summed E-state index contributed by atoms with van der Waals surface area (Å²) in [5.41, 5.74) is 2.07. The third-order valence-electron chi connectivity index (χ3n) is 8.91. The summed E-state index contributed by atoms with van der Waals surface area (Å²) in [7, 11) is -3.67. The van der Waals surface area contributed by atoms with Crippen molar-refractivity contribution >= 4 is 38.5 Å². The van der Waals surface area contributed by atoms with E-state index in [-0.39, 0.29) is 12.1 Å². The summed E-state index contributed by atoms with van der Waals surface area (Å²) in [6.45, 7) is 14.2. The molecule has 3 heterocycles. The zero-order valence-corrected chi connectivity index (χ0v) is 29.6. The van der Waals surface area contributed by atoms with E-state index >= 15 is 0 Å². The number of likely N-dealkylation sites (tertiary alicyclic amines) is 1. The lowest BCUT2D eigenvalue weighted by Gasteiger charge is -2.34. The standard InChI is InChI=1S/C36H46N6O5S/c1-8-36(7,9-2)48(44,45)41-30-16-10-14-27-26(30)18-17-24(3)31(27)46-32-28(15-11-20-37-32)29-19-21-38-33(40-29)39-25-13-12-22-42(23-25)34(43)47-35(4,5)6/h10-11,14-21,25,41H,8-9,12-13,22-23H2,1-7H3,(H,38,39,40)/t25-/m0/s1. The van der Waals surface area contributed by atoms with E-state index in [1.54, 1.807) is 36.4 Å². The number of hydrogen-bond acceptors (Lipinski definition) is 9. The molecule has 1 aliphatic rings. The zero-order valence-electron chi connectivity index (χ0n) is 28.8. The fraction of sp³-hybridized carbons (Fsp3) is 0.444. The lowest BCUT2D eigenvalue weighted by atomic mass is 10.0. The highest BCUT2D eigenvalue weighted by molar-refractivity contribution is 7.94. The second kappa shape index (κ2) is 14.0. The number of aryl methyl sites for hydroxylation is 1. The Hall–Kier alpha value is -4.45. The number of pyridine rings is 1. The van der Waals surface area contributed by atoms with Gasteiger partial charge in [0.1, 0.15) is 11.4 Å². The van der Waals surface area contributed by atoms with Crippen molar-refractivity contribution in [1.29, 1.82) is 0 Å². The molecular weight excluding hydrogens is 628 g/mol. The number of ether oxygens (including phenoxy) is 2. The Morgan fingerprint density at radius 1 is 0.979 bits per heavy atom. The van der Waals surface area contributed by atoms with Gasteiger partial charge in [-0.2, -0.15) is 0 Å². The fourth-order valence-corrected chi connectivity index (χ4v) is 7.15. The van der Waals surface area contributed by atoms with Crippen molar-refractivity contribution in [2.75, 3.05) is 23.1 Å². The van der Waals surface area contributed by atoms with Gasteiger partial charge in [-0.05, 0) is 90.1 Å². The summed E-state index contributed by atoms with van der Waals surface area (Å²) < 4.78 is 40.9. The van der Waals surface area contributed by atoms with Gasteiger partial charge < -0.3 is 19.7 Å². The van der Waals surface area contributed by atoms with Crippen LogP contribution in [0.3, 0.4) is 0 Å². The number of sulfonamides is 1. The molecule has 0 spiro atoms. The van der Waals surface area contributed by atoms with Crippen molar-refractivity contribution in [3.63, 3.8) is 0 Å². The number of fused-ring (bicyclic) bond motifs is 1. The third kappa shape index (κ3) is 7.64. The van der Waals surface area contributed by atoms with Crippen LogP contribution in [0.1, 0.15) is 72.8 Å². The number of nitrogens with one attached hydrogen (secondary N) is 2. The molecule has 2 aromatic carbocycles. The highest BCUT2D eigenvalue weighted by atomic mass is 32.2. The van der Waals surface area contributed by atoms with Crippen LogP contribution in [-0.2, 0) is 14.8 Å². The average molecular weight is 675 g/mol. The molecule has 0 unspecified atom stereocenters. The van der Waals surface area contributed by atoms with Crippen molar-refractivity contribution < 1.29 is 22.7 Å². The number of amides is 1. The summed E-state index contributed by atoms with van der Waals surface area (Å²) in [5, 5.41) is 4.86. The third-order valence-corrected chi connectivity index (χ3v) is 11.3. The van der Waals surface area contributed by atoms with E-state index in [2.05, 4.69) is 20.0 Å². The summed E-state index contributed by atoms with van der Waals surface area (Å²) in [6, 6.07) is 14.8. The molecule has 0 saturated carbocycles. The minimum absolute atomic E-state index is 0.0383. The monoisotopic (exact) mass is 674 g/mol. The van der Waals surface area contributed by atoms with Gasteiger partial charge in [-0.25, -0.2) is 28.2 Å². The van der Waals surface area contributed by atoms with Crippen LogP contribution in [0.2, 0.25) is 0 Å². The van der Waals surface area contributed by atoms with E-state index in [9.17, 15) is 13.2 Å². The van der Waals surface area contributed by atoms with Gasteiger partial charge in [0.25, 0.3) is 0 Å². The minimum atomic E-state index is -3.67. The van der Waals surface area contributed by atoms with E-state index in [0.29, 0.717) is 60.5 Å². The first-order chi connectivity index (χ1) is 22.7. The maximum Gasteiger partial charge on any atom is 0.410 e. The summed E-state index contributed by atoms with van der Waals surface area (Å²) >= 11 is 0. The molecule has 0 aliphatic carbocycles. The number of nitrogens with zero attached hydrogens (tertiary/aromatic N) is 4. The number of rotatable bonds is 10. The van der Waals surface area contributed by atoms with Crippen LogP contribution in [0.4, 0.5) is 16.4 Å². The predicted octanol–water partition coefficient (Wildman–Crippen LogP) is 7.92. The number of benzene rings is 2. The van der Waals surface area contributed by atoms with Gasteiger partial charge in [0, 0.05) is 42.3 Å². The van der Waals surface area contributed by atoms with E-state index < -0.39 is 20.4 Å². The van der Waals surface area contributed by atoms with Crippen LogP contribution < -0.4 is 14.8 Å². The molecule has 0 radical (unpaired) electrons. The first kappa shape index (κ1) is 34.9. The van der Waals surface area contributed by atoms with Crippen LogP contribution in [0.25, 0.3) is 22.0 Å². The maximum atomic E-state index is 13.4. The molecule has 256 valence electrons. The molecule has 12 heteroatoms. The smallest absolute Gasteiger partial charge is 0.410 e. The van der Waals surface area contributed by atoms with Crippen molar-refractivity contribution in [2.45, 2.75) is 90.5 Å². The van der Waals surface area contributed by atoms with Crippen LogP contribution in [0.5, 0.6) is 11.6 Å². The van der Waals surface area contributed by atoms with Crippen LogP contribution >= 0.6 is 0 Å². The normalized spacial score (nSPS) is 15.6. The maximum absolute atomic E-state index is 13.4. The Balaban J connectivity index is 1.41. The van der Waals surface area contributed by atoms with Gasteiger partial charge in [-0.15, -0.1) is 0 Å². The van der Waals surface area contributed by atoms with E-state index in [0.717, 1.165) is 29.2 Å². The average Bonchev–Trinajstić information content (AvgIpc) is 3.05. The van der Waals surface area contributed by atoms with Crippen molar-refractivity contribution in [3.05, 3.63) is 66.5 Å². The van der Waals surface area contributed by atoms with Gasteiger partial charge in [0.2, 0.25) is 21.9 Å². The first-order valence-corrected chi connectivity index (χ1v) is 18.0. The molecule has 1 amide bonds. The molecule has 1 aliphatic heterocycles. The molecular formula is C36H46N6O5S. The SMILES string of the molecule is CCC(C)(CC)S(=O)(=O)Nc1cccc2c(Oc3ncccc3-c3ccnc(N[C@H]4CCCN(C(=O)OC(C)(C)C)C4)n3)c(C)ccc12. The molecule has 2 N–H and O–H groups in total. The van der Waals surface area contributed by atoms with Crippen LogP contribution in [0.15, 0.2) is 60.9 Å². The van der Waals surface area contributed by atoms with Crippen LogP contribution in [0, 0.1) is 6.92 Å². The summed E-state index contributed by atoms with van der Waals surface area (Å²) in [6.07, 6.45) is 5.69. The number of carbonyl (C=O) groups excluding carboxylic acids is 1. The second-order valence-corrected chi connectivity index (χ2v) is 15.7. The number of aromatic nitrogens is 3. The van der Waals surface area contributed by atoms with E-state index in [1.807, 2.05) is 77.9 Å². The largest absolute Gasteiger partial charge is 0.444 e. The molecule has 1 atom stereocenters. The van der Waals surface area contributed by atoms with E-state index in [1.165, 1.54) is 0 Å². The minimum Gasteiger partial charge on any atom is -0.444 e. The molecule has 11 nitrogen and oxygen atoms in total. The first-order valence-electron chi connectivity index (χ1n) is 16.5. The predicted molar refractivity (Wildman–Crippen MR) is 190 cm³/mol. The highest BCUT2D eigenvalue weighted by Gasteiger charge is 2.36. The number of anilines is 2. The lowest BCUT2D eigenvalue weighted by molar-refractivity contribution is 0.0206. The van der Waals surface area contributed by atoms with Gasteiger partial charge in [-0.1, -0.05) is 38.1 Å². The summed E-state index contributed by atoms with van der Waals surface area (Å²) in [5.74, 6) is 1.35. The van der Waals surface area contributed by atoms with Crippen LogP contribution in [-0.4, -0.2) is 63.8 Å². The Morgan fingerprint density at radius 2 is 1.75 bits per heavy atom. The van der Waals surface area contributed by atoms with Crippen molar-refractivity contribution in [1.82, 2.24) is 19.9 Å². The van der Waals surface area contributed by atoms with Crippen molar-refractivity contribution in [2.24, 2.45) is 0 Å². The lowest BCUT2D eigenvalue weighted by Crippen LogP contribution is -2.47. The molecule has 2 aromatic heterocycles. The molecule has 1 fully saturated rings. The number of carbonyl (C=O) groups is 1. The molecule has 4 aromatic rings. The second-order valence-electron chi connectivity index (χ2n) is 13.5. The quantitative estimate of drug-likeness (QED) is 0.172. The Morgan fingerprint density at radius 3 is 2.48 bits per heavy atom. The van der Waals surface area contributed by atoms with Gasteiger partial charge in [-0.3, -0.25) is 4.72 Å². The Kier molecular flexibility index (Phi) is 10.1. The number of hydrogen-bond donors (Lipinski definition) is 2. The van der Waals surface area contributed by atoms with E-state index in [4.69, 9.17) is 14.5 Å². The van der Waals surface area contributed by atoms with Gasteiger partial charge in [0.15, 0.2) is 0 Å². The fourth-order valence-electron chi connectivity index (χ4n) is 5.67. The van der Waals surface area contributed by atoms with Gasteiger partial charge >= 0.3 is 6.09 Å². The van der Waals surface area contributed by atoms with Crippen molar-refractivity contribution in [3.8, 4) is 22.9 Å². The molecule has 5 rings (SSSR count). The highest BCUT2D eigenvalue weighted by Crippen LogP contribution is 2.39.